The molecule has 7 heteroatoms. The summed E-state index contributed by atoms with van der Waals surface area (Å²) in [5.41, 5.74) is 0.967. The summed E-state index contributed by atoms with van der Waals surface area (Å²) in [5.74, 6) is -0.158. The highest BCUT2D eigenvalue weighted by Crippen LogP contribution is 2.19. The number of carbonyl (C=O) groups is 1. The number of anilines is 2. The maximum absolute atomic E-state index is 13.3. The number of ether oxygens (including phenoxy) is 1. The fourth-order valence-electron chi connectivity index (χ4n) is 2.64. The maximum atomic E-state index is 13.3. The van der Waals surface area contributed by atoms with E-state index in [0.717, 1.165) is 32.8 Å². The Bertz CT molecular complexity index is 720. The summed E-state index contributed by atoms with van der Waals surface area (Å²) in [6.07, 6.45) is 1.59. The molecule has 1 aromatic carbocycles. The maximum Gasteiger partial charge on any atom is 0.255 e. The van der Waals surface area contributed by atoms with Crippen LogP contribution in [0.25, 0.3) is 0 Å². The summed E-state index contributed by atoms with van der Waals surface area (Å²) in [4.78, 5) is 18.9. The molecular formula is C18H21FN4O2. The van der Waals surface area contributed by atoms with Crippen molar-refractivity contribution in [3.8, 4) is 0 Å². The molecule has 0 aliphatic carbocycles. The minimum absolute atomic E-state index is 0.208. The molecule has 0 radical (unpaired) electrons. The van der Waals surface area contributed by atoms with Crippen LogP contribution in [0.5, 0.6) is 0 Å². The van der Waals surface area contributed by atoms with Gasteiger partial charge >= 0.3 is 0 Å². The Kier molecular flexibility index (Phi) is 5.92. The van der Waals surface area contributed by atoms with Gasteiger partial charge in [0.1, 0.15) is 11.6 Å². The van der Waals surface area contributed by atoms with Crippen LogP contribution in [0.4, 0.5) is 15.9 Å². The van der Waals surface area contributed by atoms with Crippen LogP contribution in [0.2, 0.25) is 0 Å². The fourth-order valence-corrected chi connectivity index (χ4v) is 2.64. The highest BCUT2D eigenvalue weighted by atomic mass is 19.1. The predicted octanol–water partition coefficient (Wildman–Crippen LogP) is 2.03. The molecule has 1 fully saturated rings. The third-order valence-corrected chi connectivity index (χ3v) is 3.96. The molecule has 6 nitrogen and oxygen atoms in total. The molecule has 0 spiro atoms. The quantitative estimate of drug-likeness (QED) is 0.839. The van der Waals surface area contributed by atoms with Gasteiger partial charge in [-0.25, -0.2) is 9.37 Å². The molecule has 2 heterocycles. The van der Waals surface area contributed by atoms with Gasteiger partial charge < -0.3 is 15.4 Å². The average Bonchev–Trinajstić information content (AvgIpc) is 2.63. The summed E-state index contributed by atoms with van der Waals surface area (Å²) in [7, 11) is 0. The Morgan fingerprint density at radius 3 is 2.88 bits per heavy atom. The number of hydrogen-bond donors (Lipinski definition) is 2. The minimum atomic E-state index is -0.350. The topological polar surface area (TPSA) is 66.5 Å². The monoisotopic (exact) mass is 344 g/mol. The molecule has 132 valence electrons. The third kappa shape index (κ3) is 4.98. The van der Waals surface area contributed by atoms with Gasteiger partial charge in [-0.15, -0.1) is 0 Å². The Morgan fingerprint density at radius 2 is 2.08 bits per heavy atom. The zero-order chi connectivity index (χ0) is 17.5. The number of rotatable bonds is 6. The van der Waals surface area contributed by atoms with Crippen molar-refractivity contribution in [3.63, 3.8) is 0 Å². The average molecular weight is 344 g/mol. The first kappa shape index (κ1) is 17.3. The van der Waals surface area contributed by atoms with E-state index in [1.165, 1.54) is 12.1 Å². The van der Waals surface area contributed by atoms with Gasteiger partial charge in [-0.1, -0.05) is 6.07 Å². The smallest absolute Gasteiger partial charge is 0.255 e. The van der Waals surface area contributed by atoms with E-state index in [1.54, 1.807) is 30.5 Å². The lowest BCUT2D eigenvalue weighted by Gasteiger charge is -2.26. The number of morpholine rings is 1. The molecule has 0 bridgehead atoms. The van der Waals surface area contributed by atoms with Crippen molar-refractivity contribution < 1.29 is 13.9 Å². The van der Waals surface area contributed by atoms with Crippen LogP contribution in [0.3, 0.4) is 0 Å². The predicted molar refractivity (Wildman–Crippen MR) is 93.5 cm³/mol. The van der Waals surface area contributed by atoms with Crippen molar-refractivity contribution in [1.29, 1.82) is 0 Å². The lowest BCUT2D eigenvalue weighted by molar-refractivity contribution is 0.0383. The van der Waals surface area contributed by atoms with Gasteiger partial charge in [0.15, 0.2) is 0 Å². The molecule has 2 aromatic rings. The van der Waals surface area contributed by atoms with Gasteiger partial charge in [-0.05, 0) is 30.3 Å². The van der Waals surface area contributed by atoms with Gasteiger partial charge in [-0.2, -0.15) is 0 Å². The van der Waals surface area contributed by atoms with Crippen molar-refractivity contribution in [1.82, 2.24) is 15.2 Å². The van der Waals surface area contributed by atoms with Crippen LogP contribution in [0, 0.1) is 5.82 Å². The Morgan fingerprint density at radius 1 is 1.24 bits per heavy atom. The van der Waals surface area contributed by atoms with Crippen LogP contribution >= 0.6 is 0 Å². The second-order valence-corrected chi connectivity index (χ2v) is 5.74. The molecule has 2 N–H and O–H groups in total. The lowest BCUT2D eigenvalue weighted by Crippen LogP contribution is -2.41. The van der Waals surface area contributed by atoms with Crippen LogP contribution in [-0.2, 0) is 4.74 Å². The van der Waals surface area contributed by atoms with Crippen LogP contribution in [-0.4, -0.2) is 55.2 Å². The number of aromatic nitrogens is 1. The van der Waals surface area contributed by atoms with Crippen LogP contribution in [0.1, 0.15) is 10.4 Å². The van der Waals surface area contributed by atoms with Crippen molar-refractivity contribution in [3.05, 3.63) is 54.0 Å². The second kappa shape index (κ2) is 8.55. The minimum Gasteiger partial charge on any atom is -0.379 e. The number of nitrogens with one attached hydrogen (secondary N) is 2. The highest BCUT2D eigenvalue weighted by Gasteiger charge is 2.14. The molecule has 1 aliphatic rings. The largest absolute Gasteiger partial charge is 0.379 e. The molecule has 3 rings (SSSR count). The Labute approximate surface area is 146 Å². The second-order valence-electron chi connectivity index (χ2n) is 5.74. The molecule has 0 atom stereocenters. The Hall–Kier alpha value is -2.51. The number of hydrogen-bond acceptors (Lipinski definition) is 5. The highest BCUT2D eigenvalue weighted by molar-refractivity contribution is 5.99. The first-order valence-corrected chi connectivity index (χ1v) is 8.28. The van der Waals surface area contributed by atoms with Gasteiger partial charge in [-0.3, -0.25) is 9.69 Å². The number of halogens is 1. The number of nitrogens with zero attached hydrogens (tertiary/aromatic N) is 2. The van der Waals surface area contributed by atoms with E-state index >= 15 is 0 Å². The van der Waals surface area contributed by atoms with Gasteiger partial charge in [0.05, 0.1) is 18.8 Å². The molecule has 1 aliphatic heterocycles. The third-order valence-electron chi connectivity index (χ3n) is 3.96. The lowest BCUT2D eigenvalue weighted by atomic mass is 10.2. The van der Waals surface area contributed by atoms with Crippen LogP contribution < -0.4 is 10.6 Å². The number of carbonyl (C=O) groups excluding carboxylic acids is 1. The number of pyridine rings is 1. The van der Waals surface area contributed by atoms with E-state index in [4.69, 9.17) is 4.74 Å². The summed E-state index contributed by atoms with van der Waals surface area (Å²) in [6.45, 7) is 4.57. The molecular weight excluding hydrogens is 323 g/mol. The first-order chi connectivity index (χ1) is 12.2. The normalized spacial score (nSPS) is 14.9. The summed E-state index contributed by atoms with van der Waals surface area (Å²) < 4.78 is 18.6. The van der Waals surface area contributed by atoms with E-state index in [9.17, 15) is 9.18 Å². The summed E-state index contributed by atoms with van der Waals surface area (Å²) in [6, 6.07) is 9.44. The van der Waals surface area contributed by atoms with Crippen molar-refractivity contribution >= 4 is 17.4 Å². The van der Waals surface area contributed by atoms with E-state index in [2.05, 4.69) is 20.5 Å². The molecule has 25 heavy (non-hydrogen) atoms. The zero-order valence-electron chi connectivity index (χ0n) is 13.9. The van der Waals surface area contributed by atoms with E-state index in [-0.39, 0.29) is 11.7 Å². The van der Waals surface area contributed by atoms with E-state index < -0.39 is 0 Å². The van der Waals surface area contributed by atoms with Crippen molar-refractivity contribution in [2.75, 3.05) is 44.7 Å². The molecule has 1 aromatic heterocycles. The van der Waals surface area contributed by atoms with Crippen LogP contribution in [0.15, 0.2) is 42.6 Å². The number of amides is 1. The van der Waals surface area contributed by atoms with E-state index in [1.807, 2.05) is 0 Å². The van der Waals surface area contributed by atoms with Gasteiger partial charge in [0.25, 0.3) is 5.91 Å². The summed E-state index contributed by atoms with van der Waals surface area (Å²) in [5, 5.41) is 5.90. The first-order valence-electron chi connectivity index (χ1n) is 8.28. The fraction of sp³-hybridized carbons (Fsp3) is 0.333. The van der Waals surface area contributed by atoms with Crippen molar-refractivity contribution in [2.45, 2.75) is 0 Å². The molecule has 1 saturated heterocycles. The van der Waals surface area contributed by atoms with Gasteiger partial charge in [0.2, 0.25) is 0 Å². The molecule has 1 amide bonds. The standard InChI is InChI=1S/C18H21FN4O2/c19-14-3-1-4-15(13-14)22-17-16(5-2-6-20-17)18(24)21-7-8-23-9-11-25-12-10-23/h1-6,13H,7-12H2,(H,20,22)(H,21,24). The zero-order valence-corrected chi connectivity index (χ0v) is 13.9. The molecule has 0 saturated carbocycles. The Balaban J connectivity index is 1.60. The van der Waals surface area contributed by atoms with Crippen molar-refractivity contribution in [2.24, 2.45) is 0 Å². The number of benzene rings is 1. The summed E-state index contributed by atoms with van der Waals surface area (Å²) >= 11 is 0. The molecule has 0 unspecified atom stereocenters. The van der Waals surface area contributed by atoms with E-state index in [0.29, 0.717) is 23.6 Å². The van der Waals surface area contributed by atoms with Gasteiger partial charge in [0, 0.05) is 38.1 Å². The SMILES string of the molecule is O=C(NCCN1CCOCC1)c1cccnc1Nc1cccc(F)c1.